The van der Waals surface area contributed by atoms with Crippen LogP contribution in [-0.4, -0.2) is 0 Å². The maximum atomic E-state index is 2.45. The van der Waals surface area contributed by atoms with Gasteiger partial charge in [0.05, 0.1) is 0 Å². The summed E-state index contributed by atoms with van der Waals surface area (Å²) >= 11 is 3.89. The lowest BCUT2D eigenvalue weighted by molar-refractivity contribution is 0.796. The van der Waals surface area contributed by atoms with E-state index in [0.717, 1.165) is 0 Å². The first-order valence-corrected chi connectivity index (χ1v) is 15.0. The van der Waals surface area contributed by atoms with E-state index >= 15 is 0 Å². The van der Waals surface area contributed by atoms with Gasteiger partial charge < -0.3 is 0 Å². The van der Waals surface area contributed by atoms with Crippen LogP contribution in [0.3, 0.4) is 0 Å². The second-order valence-electron chi connectivity index (χ2n) is 10.3. The van der Waals surface area contributed by atoms with Gasteiger partial charge in [0, 0.05) is 40.3 Å². The maximum absolute atomic E-state index is 2.45. The first-order chi connectivity index (χ1) is 17.7. The van der Waals surface area contributed by atoms with Crippen LogP contribution in [-0.2, 0) is 12.8 Å². The molecule has 0 saturated carbocycles. The Balaban J connectivity index is 1.38. The molecule has 2 heteroatoms. The lowest BCUT2D eigenvalue weighted by Gasteiger charge is -2.04. The molecule has 0 bridgehead atoms. The first-order valence-electron chi connectivity index (χ1n) is 13.4. The third kappa shape index (κ3) is 3.70. The molecule has 178 valence electrons. The number of hydrogen-bond acceptors (Lipinski definition) is 2. The number of rotatable bonds is 6. The van der Waals surface area contributed by atoms with Crippen LogP contribution in [0.15, 0.2) is 72.8 Å². The normalized spacial score (nSPS) is 12.3. The molecule has 36 heavy (non-hydrogen) atoms. The summed E-state index contributed by atoms with van der Waals surface area (Å²) in [5.74, 6) is 0. The zero-order valence-electron chi connectivity index (χ0n) is 21.0. The minimum atomic E-state index is 1.18. The molecule has 0 unspecified atom stereocenters. The third-order valence-electron chi connectivity index (χ3n) is 7.75. The highest BCUT2D eigenvalue weighted by Gasteiger charge is 2.13. The van der Waals surface area contributed by atoms with Crippen LogP contribution in [0.1, 0.15) is 50.7 Å². The van der Waals surface area contributed by atoms with Crippen LogP contribution in [0.2, 0.25) is 0 Å². The Morgan fingerprint density at radius 3 is 1.31 bits per heavy atom. The smallest absolute Gasteiger partial charge is 0.0362 e. The van der Waals surface area contributed by atoms with Crippen molar-refractivity contribution >= 4 is 84.6 Å². The van der Waals surface area contributed by atoms with E-state index in [-0.39, 0.29) is 0 Å². The van der Waals surface area contributed by atoms with Gasteiger partial charge in [-0.1, -0.05) is 63.1 Å². The van der Waals surface area contributed by atoms with E-state index in [1.807, 2.05) is 22.7 Å². The summed E-state index contributed by atoms with van der Waals surface area (Å²) < 4.78 is 5.59. The zero-order valence-corrected chi connectivity index (χ0v) is 22.6. The van der Waals surface area contributed by atoms with Crippen molar-refractivity contribution in [2.45, 2.75) is 52.4 Å². The van der Waals surface area contributed by atoms with E-state index < -0.39 is 0 Å². The fourth-order valence-electron chi connectivity index (χ4n) is 5.70. The molecule has 0 radical (unpaired) electrons. The second-order valence-corrected chi connectivity index (χ2v) is 12.5. The van der Waals surface area contributed by atoms with Crippen molar-refractivity contribution in [1.82, 2.24) is 0 Å². The first kappa shape index (κ1) is 22.3. The largest absolute Gasteiger partial charge is 0.135 e. The summed E-state index contributed by atoms with van der Waals surface area (Å²) in [4.78, 5) is 0. The van der Waals surface area contributed by atoms with Gasteiger partial charge in [-0.05, 0) is 94.8 Å². The predicted octanol–water partition coefficient (Wildman–Crippen LogP) is 11.4. The van der Waals surface area contributed by atoms with Crippen LogP contribution in [0.5, 0.6) is 0 Å². The monoisotopic (exact) mass is 502 g/mol. The van der Waals surface area contributed by atoms with Gasteiger partial charge in [-0.25, -0.2) is 0 Å². The number of hydrogen-bond donors (Lipinski definition) is 0. The summed E-state index contributed by atoms with van der Waals surface area (Å²) in [6.07, 6.45) is 7.36. The number of thiophene rings is 2. The van der Waals surface area contributed by atoms with Crippen LogP contribution in [0.25, 0.3) is 61.9 Å². The summed E-state index contributed by atoms with van der Waals surface area (Å²) in [5, 5.41) is 11.0. The average molecular weight is 503 g/mol. The van der Waals surface area contributed by atoms with E-state index in [0.29, 0.717) is 0 Å². The molecule has 0 fully saturated rings. The molecule has 0 spiro atoms. The molecule has 0 aliphatic carbocycles. The Hall–Kier alpha value is -2.94. The van der Waals surface area contributed by atoms with E-state index in [1.165, 1.54) is 112 Å². The fourth-order valence-corrected chi connectivity index (χ4v) is 8.02. The van der Waals surface area contributed by atoms with Crippen LogP contribution in [0.4, 0.5) is 0 Å². The summed E-state index contributed by atoms with van der Waals surface area (Å²) in [6, 6.07) is 28.7. The minimum absolute atomic E-state index is 1.18. The van der Waals surface area contributed by atoms with Gasteiger partial charge >= 0.3 is 0 Å². The quantitative estimate of drug-likeness (QED) is 0.212. The lowest BCUT2D eigenvalue weighted by atomic mass is 10.0. The molecule has 7 aromatic rings. The standard InChI is InChI=1S/C34H30S2/c1-3-5-7-21-9-11-23-15-27-29-19-34-30(20-33(29)35-31(27)17-25(23)13-21)28-16-24-12-10-22(8-6-4-2)14-26(24)18-32(28)36-34/h9-20H,3-8H2,1-2H3. The van der Waals surface area contributed by atoms with Crippen molar-refractivity contribution in [2.24, 2.45) is 0 Å². The van der Waals surface area contributed by atoms with E-state index in [4.69, 9.17) is 0 Å². The molecule has 0 N–H and O–H groups in total. The Morgan fingerprint density at radius 1 is 0.444 bits per heavy atom. The molecular weight excluding hydrogens is 473 g/mol. The number of benzene rings is 5. The Labute approximate surface area is 220 Å². The molecule has 0 aliphatic rings. The Bertz CT molecular complexity index is 1770. The van der Waals surface area contributed by atoms with Crippen LogP contribution in [0, 0.1) is 0 Å². The summed E-state index contributed by atoms with van der Waals surface area (Å²) in [7, 11) is 0. The number of fused-ring (bicyclic) bond motifs is 8. The molecule has 7 rings (SSSR count). The van der Waals surface area contributed by atoms with Gasteiger partial charge in [0.15, 0.2) is 0 Å². The van der Waals surface area contributed by atoms with Gasteiger partial charge in [0.25, 0.3) is 0 Å². The van der Waals surface area contributed by atoms with Gasteiger partial charge in [0.1, 0.15) is 0 Å². The van der Waals surface area contributed by atoms with Gasteiger partial charge in [-0.2, -0.15) is 0 Å². The summed E-state index contributed by atoms with van der Waals surface area (Å²) in [6.45, 7) is 4.53. The maximum Gasteiger partial charge on any atom is 0.0362 e. The highest BCUT2D eigenvalue weighted by molar-refractivity contribution is 7.27. The molecule has 0 nitrogen and oxygen atoms in total. The van der Waals surface area contributed by atoms with Gasteiger partial charge in [0.2, 0.25) is 0 Å². The summed E-state index contributed by atoms with van der Waals surface area (Å²) in [5.41, 5.74) is 2.92. The Kier molecular flexibility index (Phi) is 5.49. The van der Waals surface area contributed by atoms with Crippen molar-refractivity contribution in [2.75, 3.05) is 0 Å². The molecular formula is C34H30S2. The third-order valence-corrected chi connectivity index (χ3v) is 9.98. The highest BCUT2D eigenvalue weighted by atomic mass is 32.1. The molecule has 0 amide bonds. The van der Waals surface area contributed by atoms with Crippen molar-refractivity contribution < 1.29 is 0 Å². The molecule has 2 heterocycles. The second kappa shape index (κ2) is 8.87. The fraction of sp³-hybridized carbons (Fsp3) is 0.235. The number of unbranched alkanes of at least 4 members (excludes halogenated alkanes) is 2. The van der Waals surface area contributed by atoms with Gasteiger partial charge in [-0.3, -0.25) is 0 Å². The topological polar surface area (TPSA) is 0 Å². The van der Waals surface area contributed by atoms with Crippen molar-refractivity contribution in [3.63, 3.8) is 0 Å². The molecule has 0 saturated heterocycles. The molecule has 0 atom stereocenters. The predicted molar refractivity (Wildman–Crippen MR) is 164 cm³/mol. The van der Waals surface area contributed by atoms with Crippen molar-refractivity contribution in [3.8, 4) is 0 Å². The zero-order chi connectivity index (χ0) is 24.2. The van der Waals surface area contributed by atoms with E-state index in [2.05, 4.69) is 86.6 Å². The minimum Gasteiger partial charge on any atom is -0.135 e. The van der Waals surface area contributed by atoms with Gasteiger partial charge in [-0.15, -0.1) is 22.7 Å². The Morgan fingerprint density at radius 2 is 0.861 bits per heavy atom. The molecule has 2 aromatic heterocycles. The van der Waals surface area contributed by atoms with Crippen LogP contribution < -0.4 is 0 Å². The lowest BCUT2D eigenvalue weighted by Crippen LogP contribution is -1.84. The van der Waals surface area contributed by atoms with Crippen LogP contribution >= 0.6 is 22.7 Å². The number of aryl methyl sites for hydroxylation is 2. The average Bonchev–Trinajstić information content (AvgIpc) is 3.42. The van der Waals surface area contributed by atoms with Crippen molar-refractivity contribution in [1.29, 1.82) is 0 Å². The van der Waals surface area contributed by atoms with E-state index in [1.54, 1.807) is 0 Å². The highest BCUT2D eigenvalue weighted by Crippen LogP contribution is 2.43. The van der Waals surface area contributed by atoms with E-state index in [9.17, 15) is 0 Å². The molecule has 0 aliphatic heterocycles. The molecule has 5 aromatic carbocycles. The SMILES string of the molecule is CCCCc1ccc2cc3c(cc2c1)sc1cc2c(cc13)sc1cc3cc(CCCC)ccc3cc12. The van der Waals surface area contributed by atoms with Crippen molar-refractivity contribution in [3.05, 3.63) is 83.9 Å².